The van der Waals surface area contributed by atoms with Crippen molar-refractivity contribution in [2.75, 3.05) is 0 Å². The van der Waals surface area contributed by atoms with Gasteiger partial charge in [-0.3, -0.25) is 20.2 Å². The van der Waals surface area contributed by atoms with Crippen LogP contribution >= 0.6 is 23.2 Å². The van der Waals surface area contributed by atoms with Crippen LogP contribution in [0.5, 0.6) is 0 Å². The molecule has 0 saturated heterocycles. The highest BCUT2D eigenvalue weighted by Crippen LogP contribution is 2.45. The summed E-state index contributed by atoms with van der Waals surface area (Å²) in [5.74, 6) is 0. The minimum Gasteiger partial charge on any atom is -0.258 e. The van der Waals surface area contributed by atoms with Gasteiger partial charge in [0.1, 0.15) is 10.0 Å². The van der Waals surface area contributed by atoms with Crippen LogP contribution in [-0.4, -0.2) is 14.1 Å². The van der Waals surface area contributed by atoms with Crippen molar-refractivity contribution in [2.24, 2.45) is 0 Å². The molecule has 0 aliphatic carbocycles. The molecule has 0 heterocycles. The lowest BCUT2D eigenvalue weighted by Gasteiger charge is -2.15. The quantitative estimate of drug-likeness (QED) is 0.199. The van der Waals surface area contributed by atoms with Crippen LogP contribution in [0.2, 0.25) is 10.0 Å². The summed E-state index contributed by atoms with van der Waals surface area (Å²) in [4.78, 5) is 22.8. The molecule has 0 atom stereocenters. The third-order valence-electron chi connectivity index (χ3n) is 5.07. The summed E-state index contributed by atoms with van der Waals surface area (Å²) in [6, 6.07) is 22.3. The molecule has 0 saturated carbocycles. The highest BCUT2D eigenvalue weighted by molar-refractivity contribution is 7.85. The zero-order chi connectivity index (χ0) is 24.4. The fourth-order valence-corrected chi connectivity index (χ4v) is 5.52. The topological polar surface area (TPSA) is 103 Å². The summed E-state index contributed by atoms with van der Waals surface area (Å²) >= 11 is 12.3. The maximum absolute atomic E-state index is 14.0. The van der Waals surface area contributed by atoms with Crippen molar-refractivity contribution in [3.8, 4) is 22.3 Å². The minimum absolute atomic E-state index is 0.0769. The summed E-state index contributed by atoms with van der Waals surface area (Å²) in [5.41, 5.74) is 0.225. The molecule has 0 N–H and O–H groups in total. The Morgan fingerprint density at radius 3 is 1.26 bits per heavy atom. The normalized spacial score (nSPS) is 10.9. The molecule has 170 valence electrons. The van der Waals surface area contributed by atoms with E-state index in [-0.39, 0.29) is 31.0 Å². The monoisotopic (exact) mass is 512 g/mol. The van der Waals surface area contributed by atoms with Crippen molar-refractivity contribution in [2.45, 2.75) is 9.79 Å². The molecule has 0 aliphatic rings. The predicted octanol–water partition coefficient (Wildman–Crippen LogP) is 7.31. The summed E-state index contributed by atoms with van der Waals surface area (Å²) < 4.78 is 14.0. The second kappa shape index (κ2) is 9.72. The van der Waals surface area contributed by atoms with E-state index in [1.54, 1.807) is 60.7 Å². The maximum Gasteiger partial charge on any atom is 0.296 e. The Morgan fingerprint density at radius 1 is 0.588 bits per heavy atom. The summed E-state index contributed by atoms with van der Waals surface area (Å²) in [7, 11) is -2.07. The van der Waals surface area contributed by atoms with Crippen LogP contribution in [0.25, 0.3) is 22.3 Å². The van der Waals surface area contributed by atoms with Crippen LogP contribution in [0, 0.1) is 20.2 Å². The van der Waals surface area contributed by atoms with Gasteiger partial charge >= 0.3 is 0 Å². The maximum atomic E-state index is 14.0. The van der Waals surface area contributed by atoms with Gasteiger partial charge in [-0.05, 0) is 35.4 Å². The van der Waals surface area contributed by atoms with Crippen LogP contribution in [0.15, 0.2) is 94.7 Å². The van der Waals surface area contributed by atoms with Gasteiger partial charge in [0, 0.05) is 0 Å². The van der Waals surface area contributed by atoms with E-state index in [1.165, 1.54) is 24.3 Å². The van der Waals surface area contributed by atoms with Crippen molar-refractivity contribution in [3.63, 3.8) is 0 Å². The van der Waals surface area contributed by atoms with Crippen molar-refractivity contribution >= 4 is 45.4 Å². The van der Waals surface area contributed by atoms with E-state index >= 15 is 0 Å². The molecular weight excluding hydrogens is 499 g/mol. The van der Waals surface area contributed by atoms with E-state index in [0.29, 0.717) is 11.1 Å². The molecule has 10 heteroatoms. The van der Waals surface area contributed by atoms with Crippen LogP contribution in [0.4, 0.5) is 11.4 Å². The van der Waals surface area contributed by atoms with Crippen molar-refractivity contribution < 1.29 is 14.1 Å². The number of nitro benzene ring substituents is 2. The second-order valence-electron chi connectivity index (χ2n) is 7.05. The first-order chi connectivity index (χ1) is 16.3. The predicted molar refractivity (Wildman–Crippen MR) is 132 cm³/mol. The van der Waals surface area contributed by atoms with E-state index < -0.39 is 32.0 Å². The molecule has 0 unspecified atom stereocenters. The lowest BCUT2D eigenvalue weighted by Crippen LogP contribution is -2.04. The van der Waals surface area contributed by atoms with Crippen LogP contribution in [0.1, 0.15) is 0 Å². The zero-order valence-corrected chi connectivity index (χ0v) is 19.5. The lowest BCUT2D eigenvalue weighted by atomic mass is 10.0. The van der Waals surface area contributed by atoms with Gasteiger partial charge in [0.2, 0.25) is 0 Å². The van der Waals surface area contributed by atoms with E-state index in [4.69, 9.17) is 23.2 Å². The Hall–Kier alpha value is -3.59. The number of benzene rings is 4. The average molecular weight is 513 g/mol. The van der Waals surface area contributed by atoms with Gasteiger partial charge < -0.3 is 0 Å². The highest BCUT2D eigenvalue weighted by Gasteiger charge is 2.31. The van der Waals surface area contributed by atoms with Gasteiger partial charge in [0.05, 0.1) is 41.6 Å². The van der Waals surface area contributed by atoms with Gasteiger partial charge in [0.15, 0.2) is 0 Å². The molecule has 34 heavy (non-hydrogen) atoms. The minimum atomic E-state index is -2.07. The first-order valence-electron chi connectivity index (χ1n) is 9.77. The summed E-state index contributed by atoms with van der Waals surface area (Å²) in [6.45, 7) is 0. The molecule has 0 radical (unpaired) electrons. The number of rotatable bonds is 6. The summed E-state index contributed by atoms with van der Waals surface area (Å²) in [5, 5.41) is 23.6. The number of hydrogen-bond donors (Lipinski definition) is 0. The Bertz CT molecular complexity index is 1340. The molecule has 0 spiro atoms. The third-order valence-corrected chi connectivity index (χ3v) is 7.16. The first-order valence-corrected chi connectivity index (χ1v) is 11.7. The van der Waals surface area contributed by atoms with Crippen molar-refractivity contribution in [1.29, 1.82) is 0 Å². The summed E-state index contributed by atoms with van der Waals surface area (Å²) in [6.07, 6.45) is 0. The molecule has 0 amide bonds. The van der Waals surface area contributed by atoms with Crippen molar-refractivity contribution in [3.05, 3.63) is 115 Å². The molecule has 4 aromatic carbocycles. The van der Waals surface area contributed by atoms with Crippen LogP contribution in [0.3, 0.4) is 0 Å². The molecular formula is C24H14Cl2N2O5S. The lowest BCUT2D eigenvalue weighted by molar-refractivity contribution is -0.384. The number of hydrogen-bond acceptors (Lipinski definition) is 5. The van der Waals surface area contributed by atoms with Crippen molar-refractivity contribution in [1.82, 2.24) is 0 Å². The number of nitrogens with zero attached hydrogens (tertiary/aromatic N) is 2. The smallest absolute Gasteiger partial charge is 0.258 e. The Labute approximate surface area is 206 Å². The fraction of sp³-hybridized carbons (Fsp3) is 0. The molecule has 0 fully saturated rings. The first kappa shape index (κ1) is 23.6. The van der Waals surface area contributed by atoms with E-state index in [9.17, 15) is 24.4 Å². The van der Waals surface area contributed by atoms with Gasteiger partial charge in [-0.15, -0.1) is 0 Å². The van der Waals surface area contributed by atoms with E-state index in [1.807, 2.05) is 0 Å². The standard InChI is InChI=1S/C24H14Cl2N2O5S/c25-17-11-13-19(21(23(17)27(29)30)15-7-3-1-4-8-15)34(33)20-14-12-18(26)24(28(31)32)22(20)16-9-5-2-6-10-16/h1-14H. The highest BCUT2D eigenvalue weighted by atomic mass is 35.5. The molecule has 0 aliphatic heterocycles. The van der Waals surface area contributed by atoms with E-state index in [0.717, 1.165) is 0 Å². The molecule has 7 nitrogen and oxygen atoms in total. The fourth-order valence-electron chi connectivity index (χ4n) is 3.65. The second-order valence-corrected chi connectivity index (χ2v) is 9.28. The van der Waals surface area contributed by atoms with E-state index in [2.05, 4.69) is 0 Å². The molecule has 4 rings (SSSR count). The Morgan fingerprint density at radius 2 is 0.941 bits per heavy atom. The van der Waals surface area contributed by atoms with Gasteiger partial charge in [-0.1, -0.05) is 83.9 Å². The van der Waals surface area contributed by atoms with Gasteiger partial charge in [-0.2, -0.15) is 0 Å². The number of halogens is 2. The molecule has 4 aromatic rings. The molecule has 0 bridgehead atoms. The average Bonchev–Trinajstić information content (AvgIpc) is 2.83. The molecule has 0 aromatic heterocycles. The zero-order valence-electron chi connectivity index (χ0n) is 17.2. The SMILES string of the molecule is O=[N+]([O-])c1c(Cl)ccc(S(=O)c2ccc(Cl)c([N+](=O)[O-])c2-c2ccccc2)c1-c1ccccc1. The number of nitro groups is 2. The van der Waals surface area contributed by atoms with Crippen LogP contribution < -0.4 is 0 Å². The largest absolute Gasteiger partial charge is 0.296 e. The Balaban J connectivity index is 2.06. The van der Waals surface area contributed by atoms with Crippen LogP contribution in [-0.2, 0) is 10.8 Å². The third kappa shape index (κ3) is 4.31. The Kier molecular flexibility index (Phi) is 6.74. The van der Waals surface area contributed by atoms with Gasteiger partial charge in [-0.25, -0.2) is 4.21 Å². The van der Waals surface area contributed by atoms with Gasteiger partial charge in [0.25, 0.3) is 11.4 Å².